The van der Waals surface area contributed by atoms with Gasteiger partial charge in [0.1, 0.15) is 9.96 Å². The fourth-order valence-electron chi connectivity index (χ4n) is 2.63. The SMILES string of the molecule is CC(=NNC(=O)c1ccncc1NS(=O)(=O)c1cccs1)c1cccc(OCC(=O)N(C)C)c1. The molecule has 0 saturated carbocycles. The minimum Gasteiger partial charge on any atom is -0.484 e. The standard InChI is InChI=1S/C22H23N5O5S2/c1-15(16-6-4-7-17(12-16)32-14-20(28)27(2)3)24-25-22(29)18-9-10-23-13-19(18)26-34(30,31)21-8-5-11-33-21/h4-13,26H,14H2,1-3H3,(H,25,29). The molecule has 12 heteroatoms. The smallest absolute Gasteiger partial charge is 0.273 e. The van der Waals surface area contributed by atoms with Gasteiger partial charge in [0.2, 0.25) is 0 Å². The highest BCUT2D eigenvalue weighted by Crippen LogP contribution is 2.22. The zero-order valence-corrected chi connectivity index (χ0v) is 20.3. The first kappa shape index (κ1) is 24.9. The molecule has 0 atom stereocenters. The van der Waals surface area contributed by atoms with E-state index < -0.39 is 15.9 Å². The van der Waals surface area contributed by atoms with E-state index in [-0.39, 0.29) is 28.0 Å². The van der Waals surface area contributed by atoms with E-state index in [9.17, 15) is 18.0 Å². The number of anilines is 1. The molecule has 0 fully saturated rings. The molecular formula is C22H23N5O5S2. The van der Waals surface area contributed by atoms with Crippen molar-refractivity contribution >= 4 is 44.6 Å². The van der Waals surface area contributed by atoms with E-state index in [0.29, 0.717) is 17.0 Å². The summed E-state index contributed by atoms with van der Waals surface area (Å²) < 4.78 is 33.1. The third-order valence-corrected chi connectivity index (χ3v) is 7.27. The number of carbonyl (C=O) groups is 2. The molecule has 3 rings (SSSR count). The maximum Gasteiger partial charge on any atom is 0.273 e. The maximum absolute atomic E-state index is 12.7. The highest BCUT2D eigenvalue weighted by molar-refractivity contribution is 7.94. The van der Waals surface area contributed by atoms with Crippen molar-refractivity contribution in [2.75, 3.05) is 25.4 Å². The number of aromatic nitrogens is 1. The summed E-state index contributed by atoms with van der Waals surface area (Å²) in [5, 5.41) is 5.76. The summed E-state index contributed by atoms with van der Waals surface area (Å²) in [6, 6.07) is 11.4. The lowest BCUT2D eigenvalue weighted by Crippen LogP contribution is -2.27. The van der Waals surface area contributed by atoms with Crippen LogP contribution in [0.5, 0.6) is 5.75 Å². The number of carbonyl (C=O) groups excluding carboxylic acids is 2. The zero-order chi connectivity index (χ0) is 24.7. The summed E-state index contributed by atoms with van der Waals surface area (Å²) >= 11 is 1.06. The van der Waals surface area contributed by atoms with Crippen molar-refractivity contribution in [2.24, 2.45) is 5.10 Å². The average molecular weight is 502 g/mol. The monoisotopic (exact) mass is 501 g/mol. The van der Waals surface area contributed by atoms with Crippen molar-refractivity contribution in [3.8, 4) is 5.75 Å². The van der Waals surface area contributed by atoms with Crippen molar-refractivity contribution in [1.82, 2.24) is 15.3 Å². The number of hydrogen-bond acceptors (Lipinski definition) is 8. The number of hydrogen-bond donors (Lipinski definition) is 2. The van der Waals surface area contributed by atoms with Crippen LogP contribution in [0.25, 0.3) is 0 Å². The number of ether oxygens (including phenoxy) is 1. The Morgan fingerprint density at radius 1 is 1.18 bits per heavy atom. The molecule has 0 spiro atoms. The Bertz CT molecular complexity index is 1300. The third-order valence-electron chi connectivity index (χ3n) is 4.51. The number of hydrazone groups is 1. The number of nitrogens with one attached hydrogen (secondary N) is 2. The van der Waals surface area contributed by atoms with Crippen molar-refractivity contribution in [3.05, 3.63) is 71.4 Å². The largest absolute Gasteiger partial charge is 0.484 e. The number of sulfonamides is 1. The first-order chi connectivity index (χ1) is 16.2. The first-order valence-corrected chi connectivity index (χ1v) is 12.3. The molecule has 2 N–H and O–H groups in total. The Balaban J connectivity index is 1.72. The number of rotatable bonds is 9. The molecule has 0 radical (unpaired) electrons. The summed E-state index contributed by atoms with van der Waals surface area (Å²) in [5.74, 6) is -0.312. The van der Waals surface area contributed by atoms with Gasteiger partial charge in [0.15, 0.2) is 6.61 Å². The van der Waals surface area contributed by atoms with Crippen LogP contribution in [0.3, 0.4) is 0 Å². The molecular weight excluding hydrogens is 478 g/mol. The van der Waals surface area contributed by atoms with E-state index in [2.05, 4.69) is 20.2 Å². The van der Waals surface area contributed by atoms with E-state index in [1.165, 1.54) is 29.4 Å². The fraction of sp³-hybridized carbons (Fsp3) is 0.182. The van der Waals surface area contributed by atoms with Crippen molar-refractivity contribution in [1.29, 1.82) is 0 Å². The van der Waals surface area contributed by atoms with Gasteiger partial charge in [-0.15, -0.1) is 11.3 Å². The lowest BCUT2D eigenvalue weighted by molar-refractivity contribution is -0.130. The van der Waals surface area contributed by atoms with Gasteiger partial charge in [0.25, 0.3) is 21.8 Å². The molecule has 10 nitrogen and oxygen atoms in total. The Morgan fingerprint density at radius 3 is 2.68 bits per heavy atom. The van der Waals surface area contributed by atoms with E-state index in [4.69, 9.17) is 4.74 Å². The van der Waals surface area contributed by atoms with Gasteiger partial charge in [-0.3, -0.25) is 19.3 Å². The summed E-state index contributed by atoms with van der Waals surface area (Å²) in [6.45, 7) is 1.59. The van der Waals surface area contributed by atoms with E-state index in [1.54, 1.807) is 56.7 Å². The predicted molar refractivity (Wildman–Crippen MR) is 130 cm³/mol. The molecule has 34 heavy (non-hydrogen) atoms. The van der Waals surface area contributed by atoms with Crippen molar-refractivity contribution < 1.29 is 22.7 Å². The Hall–Kier alpha value is -3.77. The molecule has 3 aromatic rings. The molecule has 0 aliphatic heterocycles. The highest BCUT2D eigenvalue weighted by Gasteiger charge is 2.19. The Labute approximate surface area is 201 Å². The summed E-state index contributed by atoms with van der Waals surface area (Å²) in [6.07, 6.45) is 2.64. The molecule has 0 aliphatic rings. The van der Waals surface area contributed by atoms with E-state index in [0.717, 1.165) is 11.3 Å². The fourth-order valence-corrected chi connectivity index (χ4v) is 4.69. The topological polar surface area (TPSA) is 130 Å². The Morgan fingerprint density at radius 2 is 1.97 bits per heavy atom. The van der Waals surface area contributed by atoms with Gasteiger partial charge in [-0.25, -0.2) is 13.8 Å². The van der Waals surface area contributed by atoms with Crippen LogP contribution in [-0.4, -0.2) is 56.5 Å². The molecule has 2 aromatic heterocycles. The van der Waals surface area contributed by atoms with Gasteiger partial charge in [0, 0.05) is 25.9 Å². The van der Waals surface area contributed by atoms with Crippen LogP contribution in [-0.2, 0) is 14.8 Å². The molecule has 2 amide bonds. The minimum atomic E-state index is -3.85. The van der Waals surface area contributed by atoms with Crippen LogP contribution in [0.2, 0.25) is 0 Å². The van der Waals surface area contributed by atoms with Gasteiger partial charge >= 0.3 is 0 Å². The molecule has 2 heterocycles. The zero-order valence-electron chi connectivity index (χ0n) is 18.7. The summed E-state index contributed by atoms with van der Waals surface area (Å²) in [5.41, 5.74) is 3.67. The summed E-state index contributed by atoms with van der Waals surface area (Å²) in [4.78, 5) is 29.8. The van der Waals surface area contributed by atoms with Crippen LogP contribution in [0.1, 0.15) is 22.8 Å². The average Bonchev–Trinajstić information content (AvgIpc) is 3.37. The van der Waals surface area contributed by atoms with Crippen LogP contribution in [0, 0.1) is 0 Å². The Kier molecular flexibility index (Phi) is 7.97. The van der Waals surface area contributed by atoms with Gasteiger partial charge in [0.05, 0.1) is 23.2 Å². The van der Waals surface area contributed by atoms with Gasteiger partial charge in [-0.05, 0) is 36.6 Å². The van der Waals surface area contributed by atoms with Crippen LogP contribution < -0.4 is 14.9 Å². The number of likely N-dealkylation sites (N-methyl/N-ethyl adjacent to an activating group) is 1. The van der Waals surface area contributed by atoms with Crippen LogP contribution in [0.4, 0.5) is 5.69 Å². The lowest BCUT2D eigenvalue weighted by Gasteiger charge is -2.12. The van der Waals surface area contributed by atoms with E-state index in [1.807, 2.05) is 0 Å². The van der Waals surface area contributed by atoms with Crippen molar-refractivity contribution in [2.45, 2.75) is 11.1 Å². The van der Waals surface area contributed by atoms with Gasteiger partial charge in [-0.1, -0.05) is 18.2 Å². The van der Waals surface area contributed by atoms with Crippen molar-refractivity contribution in [3.63, 3.8) is 0 Å². The molecule has 0 aliphatic carbocycles. The molecule has 178 valence electrons. The molecule has 0 bridgehead atoms. The second-order valence-electron chi connectivity index (χ2n) is 7.20. The maximum atomic E-state index is 12.7. The van der Waals surface area contributed by atoms with E-state index >= 15 is 0 Å². The second kappa shape index (κ2) is 10.9. The predicted octanol–water partition coefficient (Wildman–Crippen LogP) is 2.56. The number of thiophene rings is 1. The summed E-state index contributed by atoms with van der Waals surface area (Å²) in [7, 11) is -0.567. The quantitative estimate of drug-likeness (QED) is 0.342. The van der Waals surface area contributed by atoms with Gasteiger partial charge < -0.3 is 9.64 Å². The number of benzene rings is 1. The second-order valence-corrected chi connectivity index (χ2v) is 10.1. The normalized spacial score (nSPS) is 11.6. The third kappa shape index (κ3) is 6.39. The van der Waals surface area contributed by atoms with Gasteiger partial charge in [-0.2, -0.15) is 5.10 Å². The highest BCUT2D eigenvalue weighted by atomic mass is 32.2. The number of pyridine rings is 1. The number of amides is 2. The molecule has 0 unspecified atom stereocenters. The molecule has 0 saturated heterocycles. The molecule has 1 aromatic carbocycles. The number of nitrogens with zero attached hydrogens (tertiary/aromatic N) is 3. The lowest BCUT2D eigenvalue weighted by atomic mass is 10.1. The minimum absolute atomic E-state index is 0.0298. The van der Waals surface area contributed by atoms with Crippen LogP contribution in [0.15, 0.2) is 69.5 Å². The van der Waals surface area contributed by atoms with Crippen LogP contribution >= 0.6 is 11.3 Å². The first-order valence-electron chi connectivity index (χ1n) is 9.96.